The van der Waals surface area contributed by atoms with Crippen LogP contribution in [0, 0.1) is 0 Å². The minimum Gasteiger partial charge on any atom is -0.484 e. The Morgan fingerprint density at radius 3 is 2.28 bits per heavy atom. The second-order valence-corrected chi connectivity index (χ2v) is 8.48. The number of ether oxygens (including phenoxy) is 1. The maximum atomic E-state index is 13.3. The summed E-state index contributed by atoms with van der Waals surface area (Å²) in [6.45, 7) is 1.64. The van der Waals surface area contributed by atoms with Gasteiger partial charge in [0.25, 0.3) is 11.5 Å². The van der Waals surface area contributed by atoms with E-state index in [0.29, 0.717) is 24.3 Å². The van der Waals surface area contributed by atoms with E-state index in [2.05, 4.69) is 0 Å². The van der Waals surface area contributed by atoms with Gasteiger partial charge < -0.3 is 14.7 Å². The molecule has 0 fully saturated rings. The molecule has 1 atom stereocenters. The van der Waals surface area contributed by atoms with Crippen LogP contribution in [0.15, 0.2) is 53.4 Å². The predicted octanol–water partition coefficient (Wildman–Crippen LogP) is 5.30. The summed E-state index contributed by atoms with van der Waals surface area (Å²) < 4.78 is 85.1. The SMILES string of the molecule is CC[C@H]1CN(C(=O)COc2ccccc2)c2ccc(C(O)(C(F)(F)F)C(F)(F)F)cc2S1. The van der Waals surface area contributed by atoms with Gasteiger partial charge in [0.2, 0.25) is 0 Å². The van der Waals surface area contributed by atoms with Crippen molar-refractivity contribution in [3.8, 4) is 5.75 Å². The number of anilines is 1. The van der Waals surface area contributed by atoms with Gasteiger partial charge in [-0.25, -0.2) is 0 Å². The lowest BCUT2D eigenvalue weighted by atomic mass is 9.92. The smallest absolute Gasteiger partial charge is 0.430 e. The quantitative estimate of drug-likeness (QED) is 0.592. The summed E-state index contributed by atoms with van der Waals surface area (Å²) >= 11 is 1.06. The Balaban J connectivity index is 1.95. The summed E-state index contributed by atoms with van der Waals surface area (Å²) in [6.07, 6.45) is -11.5. The van der Waals surface area contributed by atoms with Gasteiger partial charge in [-0.2, -0.15) is 26.3 Å². The zero-order valence-electron chi connectivity index (χ0n) is 16.7. The predicted molar refractivity (Wildman–Crippen MR) is 107 cm³/mol. The second-order valence-electron chi connectivity index (χ2n) is 7.14. The average Bonchev–Trinajstić information content (AvgIpc) is 2.74. The van der Waals surface area contributed by atoms with Crippen LogP contribution in [0.5, 0.6) is 5.75 Å². The number of amides is 1. The van der Waals surface area contributed by atoms with Crippen LogP contribution >= 0.6 is 11.8 Å². The summed E-state index contributed by atoms with van der Waals surface area (Å²) in [7, 11) is 0. The molecule has 0 saturated carbocycles. The maximum absolute atomic E-state index is 13.3. The lowest BCUT2D eigenvalue weighted by molar-refractivity contribution is -0.376. The zero-order valence-corrected chi connectivity index (χ0v) is 17.5. The molecule has 2 aromatic rings. The van der Waals surface area contributed by atoms with E-state index in [1.165, 1.54) is 4.90 Å². The molecule has 4 nitrogen and oxygen atoms in total. The summed E-state index contributed by atoms with van der Waals surface area (Å²) in [5.41, 5.74) is -6.22. The third kappa shape index (κ3) is 4.54. The van der Waals surface area contributed by atoms with Crippen LogP contribution in [-0.4, -0.2) is 41.8 Å². The van der Waals surface area contributed by atoms with Crippen molar-refractivity contribution in [2.75, 3.05) is 18.1 Å². The highest BCUT2D eigenvalue weighted by molar-refractivity contribution is 8.00. The van der Waals surface area contributed by atoms with E-state index < -0.39 is 29.4 Å². The number of hydrogen-bond donors (Lipinski definition) is 1. The lowest BCUT2D eigenvalue weighted by Crippen LogP contribution is -2.54. The van der Waals surface area contributed by atoms with E-state index >= 15 is 0 Å². The number of nitrogens with zero attached hydrogens (tertiary/aromatic N) is 1. The number of carbonyl (C=O) groups excluding carboxylic acids is 1. The van der Waals surface area contributed by atoms with Gasteiger partial charge in [0.15, 0.2) is 6.61 Å². The molecule has 3 rings (SSSR count). The number of thioether (sulfide) groups is 1. The van der Waals surface area contributed by atoms with Gasteiger partial charge in [-0.05, 0) is 30.7 Å². The molecule has 1 aliphatic heterocycles. The Morgan fingerprint density at radius 2 is 1.72 bits per heavy atom. The molecule has 11 heteroatoms. The molecular weight excluding hydrogens is 460 g/mol. The van der Waals surface area contributed by atoms with Gasteiger partial charge in [-0.3, -0.25) is 4.79 Å². The first-order valence-electron chi connectivity index (χ1n) is 9.53. The molecule has 174 valence electrons. The molecule has 1 amide bonds. The molecule has 0 spiro atoms. The van der Waals surface area contributed by atoms with Crippen molar-refractivity contribution in [2.45, 2.75) is 41.4 Å². The number of alkyl halides is 6. The van der Waals surface area contributed by atoms with Crippen LogP contribution in [0.1, 0.15) is 18.9 Å². The molecule has 1 aliphatic rings. The monoisotopic (exact) mass is 479 g/mol. The van der Waals surface area contributed by atoms with Crippen molar-refractivity contribution < 1.29 is 41.0 Å². The molecule has 32 heavy (non-hydrogen) atoms. The van der Waals surface area contributed by atoms with E-state index in [-0.39, 0.29) is 29.0 Å². The van der Waals surface area contributed by atoms with Crippen molar-refractivity contribution in [3.63, 3.8) is 0 Å². The van der Waals surface area contributed by atoms with Crippen LogP contribution in [0.2, 0.25) is 0 Å². The maximum Gasteiger partial charge on any atom is 0.430 e. The fraction of sp³-hybridized carbons (Fsp3) is 0.381. The van der Waals surface area contributed by atoms with Crippen molar-refractivity contribution in [3.05, 3.63) is 54.1 Å². The summed E-state index contributed by atoms with van der Waals surface area (Å²) in [6, 6.07) is 10.7. The number of para-hydroxylation sites is 1. The van der Waals surface area contributed by atoms with E-state index in [1.54, 1.807) is 37.3 Å². The molecule has 0 saturated heterocycles. The van der Waals surface area contributed by atoms with E-state index in [4.69, 9.17) is 4.74 Å². The minimum atomic E-state index is -5.98. The number of benzene rings is 2. The fourth-order valence-electron chi connectivity index (χ4n) is 3.25. The van der Waals surface area contributed by atoms with E-state index in [9.17, 15) is 36.2 Å². The zero-order chi connectivity index (χ0) is 23.7. The first-order valence-corrected chi connectivity index (χ1v) is 10.4. The molecule has 1 heterocycles. The largest absolute Gasteiger partial charge is 0.484 e. The second kappa shape index (κ2) is 8.86. The molecule has 1 N–H and O–H groups in total. The van der Waals surface area contributed by atoms with Crippen molar-refractivity contribution >= 4 is 23.4 Å². The van der Waals surface area contributed by atoms with Crippen molar-refractivity contribution in [2.24, 2.45) is 0 Å². The lowest BCUT2D eigenvalue weighted by Gasteiger charge is -2.36. The highest BCUT2D eigenvalue weighted by atomic mass is 32.2. The normalized spacial score (nSPS) is 17.1. The van der Waals surface area contributed by atoms with Gasteiger partial charge in [0, 0.05) is 22.3 Å². The fourth-order valence-corrected chi connectivity index (χ4v) is 4.50. The first-order chi connectivity index (χ1) is 14.9. The molecule has 0 unspecified atom stereocenters. The van der Waals surface area contributed by atoms with Crippen LogP contribution in [0.25, 0.3) is 0 Å². The van der Waals surface area contributed by atoms with Gasteiger partial charge in [-0.15, -0.1) is 11.8 Å². The third-order valence-corrected chi connectivity index (χ3v) is 6.43. The van der Waals surface area contributed by atoms with Crippen molar-refractivity contribution in [1.82, 2.24) is 0 Å². The summed E-state index contributed by atoms with van der Waals surface area (Å²) in [4.78, 5) is 14.1. The molecule has 0 aliphatic carbocycles. The Labute approximate surface area is 184 Å². The number of halogens is 6. The van der Waals surface area contributed by atoms with Gasteiger partial charge >= 0.3 is 12.4 Å². The Morgan fingerprint density at radius 1 is 1.09 bits per heavy atom. The standard InChI is InChI=1S/C21H19F6NO3S/c1-2-15-11-28(18(29)12-31-14-6-4-3-5-7-14)16-9-8-13(10-17(16)32-15)19(30,20(22,23)24)21(25,26)27/h3-10,15,30H,2,11-12H2,1H3/t15-/m0/s1. The molecular formula is C21H19F6NO3S. The van der Waals surface area contributed by atoms with Crippen LogP contribution in [0.3, 0.4) is 0 Å². The number of rotatable bonds is 5. The number of hydrogen-bond acceptors (Lipinski definition) is 4. The van der Waals surface area contributed by atoms with E-state index in [0.717, 1.165) is 17.8 Å². The van der Waals surface area contributed by atoms with Gasteiger partial charge in [0.05, 0.1) is 5.69 Å². The van der Waals surface area contributed by atoms with Crippen LogP contribution < -0.4 is 9.64 Å². The number of aliphatic hydroxyl groups is 1. The highest BCUT2D eigenvalue weighted by Gasteiger charge is 2.71. The topological polar surface area (TPSA) is 49.8 Å². The Bertz CT molecular complexity index is 950. The Kier molecular flexibility index (Phi) is 6.71. The number of carbonyl (C=O) groups is 1. The van der Waals surface area contributed by atoms with Crippen LogP contribution in [-0.2, 0) is 10.4 Å². The third-order valence-electron chi connectivity index (χ3n) is 5.03. The van der Waals surface area contributed by atoms with Crippen LogP contribution in [0.4, 0.5) is 32.0 Å². The molecule has 0 bridgehead atoms. The first kappa shape index (κ1) is 24.2. The number of fused-ring (bicyclic) bond motifs is 1. The minimum absolute atomic E-state index is 0.0422. The highest BCUT2D eigenvalue weighted by Crippen LogP contribution is 2.52. The van der Waals surface area contributed by atoms with Crippen molar-refractivity contribution in [1.29, 1.82) is 0 Å². The average molecular weight is 479 g/mol. The molecule has 0 aromatic heterocycles. The van der Waals surface area contributed by atoms with Gasteiger partial charge in [-0.1, -0.05) is 31.2 Å². The molecule has 2 aromatic carbocycles. The van der Waals surface area contributed by atoms with Gasteiger partial charge in [0.1, 0.15) is 5.75 Å². The summed E-state index contributed by atoms with van der Waals surface area (Å²) in [5, 5.41) is 9.45. The van der Waals surface area contributed by atoms with E-state index in [1.807, 2.05) is 0 Å². The molecule has 0 radical (unpaired) electrons. The summed E-state index contributed by atoms with van der Waals surface area (Å²) in [5.74, 6) is -0.0567. The Hall–Kier alpha value is -2.40.